The first-order valence-corrected chi connectivity index (χ1v) is 6.04. The van der Waals surface area contributed by atoms with E-state index in [2.05, 4.69) is 10.6 Å². The second kappa shape index (κ2) is 3.37. The molecule has 0 aromatic carbocycles. The number of carbonyl (C=O) groups excluding carboxylic acids is 1. The molecule has 0 radical (unpaired) electrons. The third-order valence-electron chi connectivity index (χ3n) is 3.96. The Morgan fingerprint density at radius 1 is 1.40 bits per heavy atom. The first-order chi connectivity index (χ1) is 7.27. The molecule has 2 amide bonds. The number of nitrogens with zero attached hydrogens (tertiary/aromatic N) is 1. The maximum Gasteiger partial charge on any atom is 0.317 e. The highest BCUT2D eigenvalue weighted by Crippen LogP contribution is 2.36. The average molecular weight is 209 g/mol. The van der Waals surface area contributed by atoms with Gasteiger partial charge in [0.25, 0.3) is 0 Å². The summed E-state index contributed by atoms with van der Waals surface area (Å²) in [6.07, 6.45) is 4.76. The summed E-state index contributed by atoms with van der Waals surface area (Å²) in [7, 11) is 0. The summed E-state index contributed by atoms with van der Waals surface area (Å²) < 4.78 is 0. The van der Waals surface area contributed by atoms with Gasteiger partial charge in [0.05, 0.1) is 0 Å². The average Bonchev–Trinajstić information content (AvgIpc) is 2.81. The normalized spacial score (nSPS) is 35.1. The zero-order valence-electron chi connectivity index (χ0n) is 9.09. The van der Waals surface area contributed by atoms with E-state index in [4.69, 9.17) is 0 Å². The van der Waals surface area contributed by atoms with Crippen LogP contribution in [0.5, 0.6) is 0 Å². The topological polar surface area (TPSA) is 44.4 Å². The second-order valence-electron chi connectivity index (χ2n) is 5.32. The fourth-order valence-electron chi connectivity index (χ4n) is 2.75. The Labute approximate surface area is 90.4 Å². The summed E-state index contributed by atoms with van der Waals surface area (Å²) in [5, 5.41) is 6.48. The molecule has 1 aliphatic carbocycles. The van der Waals surface area contributed by atoms with Crippen LogP contribution in [0.3, 0.4) is 0 Å². The smallest absolute Gasteiger partial charge is 0.317 e. The van der Waals surface area contributed by atoms with Gasteiger partial charge in [-0.25, -0.2) is 4.79 Å². The van der Waals surface area contributed by atoms with Crippen LogP contribution in [0.1, 0.15) is 25.7 Å². The monoisotopic (exact) mass is 209 g/mol. The molecule has 84 valence electrons. The van der Waals surface area contributed by atoms with Gasteiger partial charge >= 0.3 is 6.03 Å². The lowest BCUT2D eigenvalue weighted by Gasteiger charge is -2.22. The SMILES string of the molecule is O=C(NC1CC1)N1CCC2(CCNC2)C1. The molecule has 0 bridgehead atoms. The minimum absolute atomic E-state index is 0.168. The number of nitrogens with one attached hydrogen (secondary N) is 2. The van der Waals surface area contributed by atoms with E-state index < -0.39 is 0 Å². The Kier molecular flexibility index (Phi) is 2.12. The van der Waals surface area contributed by atoms with E-state index in [-0.39, 0.29) is 6.03 Å². The number of likely N-dealkylation sites (tertiary alicyclic amines) is 1. The van der Waals surface area contributed by atoms with E-state index in [9.17, 15) is 4.79 Å². The highest BCUT2D eigenvalue weighted by Gasteiger charge is 2.42. The van der Waals surface area contributed by atoms with Crippen LogP contribution in [0.4, 0.5) is 4.79 Å². The van der Waals surface area contributed by atoms with Crippen LogP contribution < -0.4 is 10.6 Å². The molecular weight excluding hydrogens is 190 g/mol. The zero-order chi connectivity index (χ0) is 10.3. The van der Waals surface area contributed by atoms with Crippen molar-refractivity contribution in [2.45, 2.75) is 31.7 Å². The predicted octanol–water partition coefficient (Wildman–Crippen LogP) is 0.544. The highest BCUT2D eigenvalue weighted by atomic mass is 16.2. The molecule has 1 saturated carbocycles. The molecule has 0 aromatic heterocycles. The number of amides is 2. The van der Waals surface area contributed by atoms with Crippen LogP contribution >= 0.6 is 0 Å². The Balaban J connectivity index is 1.57. The van der Waals surface area contributed by atoms with Crippen molar-refractivity contribution in [3.63, 3.8) is 0 Å². The van der Waals surface area contributed by atoms with Gasteiger partial charge in [-0.3, -0.25) is 0 Å². The fourth-order valence-corrected chi connectivity index (χ4v) is 2.75. The van der Waals surface area contributed by atoms with Gasteiger partial charge in [-0.15, -0.1) is 0 Å². The van der Waals surface area contributed by atoms with Crippen LogP contribution in [0.2, 0.25) is 0 Å². The molecule has 1 unspecified atom stereocenters. The summed E-state index contributed by atoms with van der Waals surface area (Å²) in [5.41, 5.74) is 0.404. The van der Waals surface area contributed by atoms with Crippen molar-refractivity contribution in [2.75, 3.05) is 26.2 Å². The van der Waals surface area contributed by atoms with Crippen LogP contribution in [0, 0.1) is 5.41 Å². The number of hydrogen-bond acceptors (Lipinski definition) is 2. The molecular formula is C11H19N3O. The van der Waals surface area contributed by atoms with E-state index in [1.165, 1.54) is 25.7 Å². The first-order valence-electron chi connectivity index (χ1n) is 6.04. The Morgan fingerprint density at radius 3 is 2.93 bits per heavy atom. The standard InChI is InChI=1S/C11H19N3O/c15-10(13-9-1-2-9)14-6-4-11(8-14)3-5-12-7-11/h9,12H,1-8H2,(H,13,15). The summed E-state index contributed by atoms with van der Waals surface area (Å²) in [6.45, 7) is 4.12. The molecule has 4 nitrogen and oxygen atoms in total. The van der Waals surface area contributed by atoms with E-state index in [1.54, 1.807) is 0 Å². The van der Waals surface area contributed by atoms with Crippen molar-refractivity contribution < 1.29 is 4.79 Å². The number of carbonyl (C=O) groups is 1. The maximum atomic E-state index is 11.8. The van der Waals surface area contributed by atoms with Gasteiger partial charge in [0, 0.05) is 31.1 Å². The lowest BCUT2D eigenvalue weighted by molar-refractivity contribution is 0.201. The molecule has 1 spiro atoms. The van der Waals surface area contributed by atoms with Crippen molar-refractivity contribution in [1.29, 1.82) is 0 Å². The fraction of sp³-hybridized carbons (Fsp3) is 0.909. The molecule has 3 aliphatic rings. The molecule has 2 heterocycles. The molecule has 1 atom stereocenters. The summed E-state index contributed by atoms with van der Waals surface area (Å²) in [4.78, 5) is 13.8. The highest BCUT2D eigenvalue weighted by molar-refractivity contribution is 5.75. The minimum Gasteiger partial charge on any atom is -0.335 e. The van der Waals surface area contributed by atoms with Crippen molar-refractivity contribution in [3.05, 3.63) is 0 Å². The van der Waals surface area contributed by atoms with Gasteiger partial charge in [-0.05, 0) is 32.2 Å². The van der Waals surface area contributed by atoms with Gasteiger partial charge in [-0.1, -0.05) is 0 Å². The molecule has 2 aliphatic heterocycles. The van der Waals surface area contributed by atoms with Crippen molar-refractivity contribution in [2.24, 2.45) is 5.41 Å². The van der Waals surface area contributed by atoms with Crippen molar-refractivity contribution >= 4 is 6.03 Å². The molecule has 4 heteroatoms. The van der Waals surface area contributed by atoms with E-state index in [0.717, 1.165) is 26.2 Å². The van der Waals surface area contributed by atoms with Crippen LogP contribution in [0.15, 0.2) is 0 Å². The van der Waals surface area contributed by atoms with Crippen molar-refractivity contribution in [3.8, 4) is 0 Å². The Hall–Kier alpha value is -0.770. The minimum atomic E-state index is 0.168. The summed E-state index contributed by atoms with van der Waals surface area (Å²) in [5.74, 6) is 0. The van der Waals surface area contributed by atoms with E-state index in [0.29, 0.717) is 11.5 Å². The Bertz CT molecular complexity index is 269. The Morgan fingerprint density at radius 2 is 2.27 bits per heavy atom. The van der Waals surface area contributed by atoms with Gasteiger partial charge < -0.3 is 15.5 Å². The molecule has 3 fully saturated rings. The van der Waals surface area contributed by atoms with Gasteiger partial charge in [0.15, 0.2) is 0 Å². The molecule has 3 rings (SSSR count). The lowest BCUT2D eigenvalue weighted by atomic mass is 9.87. The van der Waals surface area contributed by atoms with Gasteiger partial charge in [0.2, 0.25) is 0 Å². The quantitative estimate of drug-likeness (QED) is 0.662. The maximum absolute atomic E-state index is 11.8. The summed E-state index contributed by atoms with van der Waals surface area (Å²) in [6, 6.07) is 0.650. The third-order valence-corrected chi connectivity index (χ3v) is 3.96. The number of rotatable bonds is 1. The number of urea groups is 1. The summed E-state index contributed by atoms with van der Waals surface area (Å²) >= 11 is 0. The van der Waals surface area contributed by atoms with Gasteiger partial charge in [-0.2, -0.15) is 0 Å². The van der Waals surface area contributed by atoms with Crippen LogP contribution in [-0.4, -0.2) is 43.2 Å². The second-order valence-corrected chi connectivity index (χ2v) is 5.32. The lowest BCUT2D eigenvalue weighted by Crippen LogP contribution is -2.41. The molecule has 0 aromatic rings. The largest absolute Gasteiger partial charge is 0.335 e. The van der Waals surface area contributed by atoms with Crippen molar-refractivity contribution in [1.82, 2.24) is 15.5 Å². The first kappa shape index (κ1) is 9.46. The van der Waals surface area contributed by atoms with E-state index in [1.807, 2.05) is 4.90 Å². The molecule has 15 heavy (non-hydrogen) atoms. The van der Waals surface area contributed by atoms with Gasteiger partial charge in [0.1, 0.15) is 0 Å². The molecule has 2 N–H and O–H groups in total. The van der Waals surface area contributed by atoms with E-state index >= 15 is 0 Å². The number of hydrogen-bond donors (Lipinski definition) is 2. The molecule has 2 saturated heterocycles. The van der Waals surface area contributed by atoms with Crippen LogP contribution in [0.25, 0.3) is 0 Å². The zero-order valence-corrected chi connectivity index (χ0v) is 9.09. The predicted molar refractivity (Wildman–Crippen MR) is 57.7 cm³/mol. The van der Waals surface area contributed by atoms with Crippen LogP contribution in [-0.2, 0) is 0 Å². The third kappa shape index (κ3) is 1.83.